The van der Waals surface area contributed by atoms with Crippen molar-refractivity contribution >= 4 is 16.6 Å². The molecule has 1 heterocycles. The van der Waals surface area contributed by atoms with Crippen LogP contribution < -0.4 is 10.5 Å². The molecule has 0 aliphatic heterocycles. The van der Waals surface area contributed by atoms with Crippen molar-refractivity contribution in [3.63, 3.8) is 0 Å². The lowest BCUT2D eigenvalue weighted by Crippen LogP contribution is -2.17. The van der Waals surface area contributed by atoms with Gasteiger partial charge in [0, 0.05) is 11.4 Å². The number of nitrogens with zero attached hydrogens (tertiary/aromatic N) is 1. The number of rotatable bonds is 2. The van der Waals surface area contributed by atoms with Crippen LogP contribution in [0, 0.1) is 12.3 Å². The molecule has 1 aromatic heterocycles. The Morgan fingerprint density at radius 1 is 1.28 bits per heavy atom. The fraction of sp³-hybridized carbons (Fsp3) is 0.400. The summed E-state index contributed by atoms with van der Waals surface area (Å²) < 4.78 is 5.88. The maximum absolute atomic E-state index is 6.08. The van der Waals surface area contributed by atoms with Crippen LogP contribution in [0.25, 0.3) is 10.9 Å². The van der Waals surface area contributed by atoms with Crippen molar-refractivity contribution in [3.8, 4) is 5.75 Å². The largest absolute Gasteiger partial charge is 0.492 e. The molecule has 0 saturated carbocycles. The highest BCUT2D eigenvalue weighted by molar-refractivity contribution is 5.95. The second-order valence-electron chi connectivity index (χ2n) is 5.85. The van der Waals surface area contributed by atoms with Crippen molar-refractivity contribution in [1.29, 1.82) is 0 Å². The van der Waals surface area contributed by atoms with E-state index in [9.17, 15) is 0 Å². The third-order valence-corrected chi connectivity index (χ3v) is 2.61. The minimum Gasteiger partial charge on any atom is -0.492 e. The number of ether oxygens (including phenoxy) is 1. The summed E-state index contributed by atoms with van der Waals surface area (Å²) in [6.07, 6.45) is 0. The Bertz CT molecular complexity index is 570. The number of fused-ring (bicyclic) bond motifs is 1. The van der Waals surface area contributed by atoms with E-state index in [0.717, 1.165) is 28.0 Å². The molecule has 0 atom stereocenters. The van der Waals surface area contributed by atoms with Crippen molar-refractivity contribution in [1.82, 2.24) is 4.98 Å². The molecule has 0 bridgehead atoms. The quantitative estimate of drug-likeness (QED) is 0.878. The standard InChI is InChI=1S/C15H20N2O/c1-10-8-11(16)14-12(17-10)6-5-7-13(14)18-9-15(2,3)4/h5-8H,9H2,1-4H3,(H2,16,17). The molecule has 0 saturated heterocycles. The number of benzene rings is 1. The monoisotopic (exact) mass is 244 g/mol. The zero-order valence-electron chi connectivity index (χ0n) is 11.4. The van der Waals surface area contributed by atoms with E-state index in [1.165, 1.54) is 0 Å². The molecule has 2 rings (SSSR count). The molecular formula is C15H20N2O. The molecule has 2 aromatic rings. The van der Waals surface area contributed by atoms with Gasteiger partial charge in [0.25, 0.3) is 0 Å². The molecule has 0 radical (unpaired) electrons. The summed E-state index contributed by atoms with van der Waals surface area (Å²) in [4.78, 5) is 4.48. The van der Waals surface area contributed by atoms with E-state index in [0.29, 0.717) is 6.61 Å². The van der Waals surface area contributed by atoms with Crippen LogP contribution >= 0.6 is 0 Å². The summed E-state index contributed by atoms with van der Waals surface area (Å²) in [6.45, 7) is 9.02. The lowest BCUT2D eigenvalue weighted by atomic mass is 9.98. The molecule has 18 heavy (non-hydrogen) atoms. The van der Waals surface area contributed by atoms with E-state index in [2.05, 4.69) is 25.8 Å². The Balaban J connectivity index is 2.45. The first-order chi connectivity index (χ1) is 8.37. The minimum absolute atomic E-state index is 0.120. The lowest BCUT2D eigenvalue weighted by Gasteiger charge is -2.20. The number of hydrogen-bond donors (Lipinski definition) is 1. The van der Waals surface area contributed by atoms with Gasteiger partial charge in [-0.3, -0.25) is 4.98 Å². The van der Waals surface area contributed by atoms with Crippen molar-refractivity contribution < 1.29 is 4.74 Å². The van der Waals surface area contributed by atoms with Crippen LogP contribution in [0.4, 0.5) is 5.69 Å². The number of nitrogen functional groups attached to an aromatic ring is 1. The third kappa shape index (κ3) is 2.73. The van der Waals surface area contributed by atoms with E-state index in [1.807, 2.05) is 31.2 Å². The number of pyridine rings is 1. The average molecular weight is 244 g/mol. The van der Waals surface area contributed by atoms with Gasteiger partial charge in [-0.25, -0.2) is 0 Å². The van der Waals surface area contributed by atoms with Gasteiger partial charge in [0.1, 0.15) is 5.75 Å². The van der Waals surface area contributed by atoms with Crippen LogP contribution in [-0.2, 0) is 0 Å². The van der Waals surface area contributed by atoms with Crippen molar-refractivity contribution in [2.24, 2.45) is 5.41 Å². The molecule has 2 N–H and O–H groups in total. The van der Waals surface area contributed by atoms with Crippen molar-refractivity contribution in [2.75, 3.05) is 12.3 Å². The molecule has 0 amide bonds. The van der Waals surface area contributed by atoms with Crippen LogP contribution in [0.5, 0.6) is 5.75 Å². The molecule has 1 aromatic carbocycles. The Kier molecular flexibility index (Phi) is 3.16. The van der Waals surface area contributed by atoms with Crippen LogP contribution in [0.1, 0.15) is 26.5 Å². The van der Waals surface area contributed by atoms with Gasteiger partial charge in [0.15, 0.2) is 0 Å². The van der Waals surface area contributed by atoms with Gasteiger partial charge in [0.05, 0.1) is 17.5 Å². The van der Waals surface area contributed by atoms with Gasteiger partial charge in [0.2, 0.25) is 0 Å². The zero-order valence-corrected chi connectivity index (χ0v) is 11.4. The second-order valence-corrected chi connectivity index (χ2v) is 5.85. The SMILES string of the molecule is Cc1cc(N)c2c(OCC(C)(C)C)cccc2n1. The smallest absolute Gasteiger partial charge is 0.130 e. The molecule has 3 nitrogen and oxygen atoms in total. The van der Waals surface area contributed by atoms with E-state index < -0.39 is 0 Å². The minimum atomic E-state index is 0.120. The van der Waals surface area contributed by atoms with Crippen LogP contribution in [-0.4, -0.2) is 11.6 Å². The summed E-state index contributed by atoms with van der Waals surface area (Å²) in [6, 6.07) is 7.74. The average Bonchev–Trinajstić information content (AvgIpc) is 2.24. The number of anilines is 1. The maximum Gasteiger partial charge on any atom is 0.130 e. The third-order valence-electron chi connectivity index (χ3n) is 2.61. The van der Waals surface area contributed by atoms with Crippen LogP contribution in [0.2, 0.25) is 0 Å². The predicted molar refractivity (Wildman–Crippen MR) is 75.8 cm³/mol. The molecule has 0 aliphatic carbocycles. The van der Waals surface area contributed by atoms with Gasteiger partial charge < -0.3 is 10.5 Å². The first-order valence-electron chi connectivity index (χ1n) is 6.15. The van der Waals surface area contributed by atoms with E-state index in [4.69, 9.17) is 10.5 Å². The fourth-order valence-corrected chi connectivity index (χ4v) is 1.84. The summed E-state index contributed by atoms with van der Waals surface area (Å²) in [5.41, 5.74) is 8.73. The normalized spacial score (nSPS) is 11.8. The topological polar surface area (TPSA) is 48.1 Å². The maximum atomic E-state index is 6.08. The molecule has 0 unspecified atom stereocenters. The molecule has 3 heteroatoms. The van der Waals surface area contributed by atoms with E-state index >= 15 is 0 Å². The molecule has 96 valence electrons. The highest BCUT2D eigenvalue weighted by Crippen LogP contribution is 2.31. The first kappa shape index (κ1) is 12.7. The first-order valence-corrected chi connectivity index (χ1v) is 6.15. The summed E-state index contributed by atoms with van der Waals surface area (Å²) >= 11 is 0. The molecular weight excluding hydrogens is 224 g/mol. The number of aryl methyl sites for hydroxylation is 1. The predicted octanol–water partition coefficient (Wildman–Crippen LogP) is 3.55. The van der Waals surface area contributed by atoms with E-state index in [1.54, 1.807) is 0 Å². The Morgan fingerprint density at radius 2 is 2.00 bits per heavy atom. The summed E-state index contributed by atoms with van der Waals surface area (Å²) in [5, 5.41) is 0.910. The van der Waals surface area contributed by atoms with Crippen molar-refractivity contribution in [3.05, 3.63) is 30.0 Å². The van der Waals surface area contributed by atoms with Gasteiger partial charge in [-0.1, -0.05) is 26.8 Å². The van der Waals surface area contributed by atoms with E-state index in [-0.39, 0.29) is 5.41 Å². The Morgan fingerprint density at radius 3 is 2.67 bits per heavy atom. The molecule has 0 aliphatic rings. The molecule has 0 fully saturated rings. The van der Waals surface area contributed by atoms with Gasteiger partial charge in [-0.2, -0.15) is 0 Å². The summed E-state index contributed by atoms with van der Waals surface area (Å²) in [5.74, 6) is 0.812. The Hall–Kier alpha value is -1.77. The highest BCUT2D eigenvalue weighted by Gasteiger charge is 2.13. The van der Waals surface area contributed by atoms with Gasteiger partial charge in [-0.15, -0.1) is 0 Å². The fourth-order valence-electron chi connectivity index (χ4n) is 1.84. The summed E-state index contributed by atoms with van der Waals surface area (Å²) in [7, 11) is 0. The highest BCUT2D eigenvalue weighted by atomic mass is 16.5. The van der Waals surface area contributed by atoms with Crippen LogP contribution in [0.15, 0.2) is 24.3 Å². The van der Waals surface area contributed by atoms with Gasteiger partial charge in [-0.05, 0) is 30.5 Å². The van der Waals surface area contributed by atoms with Gasteiger partial charge >= 0.3 is 0 Å². The molecule has 0 spiro atoms. The number of nitrogens with two attached hydrogens (primary N) is 1. The van der Waals surface area contributed by atoms with Crippen molar-refractivity contribution in [2.45, 2.75) is 27.7 Å². The zero-order chi connectivity index (χ0) is 13.3. The number of hydrogen-bond acceptors (Lipinski definition) is 3. The van der Waals surface area contributed by atoms with Crippen LogP contribution in [0.3, 0.4) is 0 Å². The lowest BCUT2D eigenvalue weighted by molar-refractivity contribution is 0.200. The Labute approximate surface area is 108 Å². The number of aromatic nitrogens is 1. The second kappa shape index (κ2) is 4.48.